The standard InChI is InChI=1S/C17H16ClF4N5O2/c1-8(17(20,21)22)26-11-6-9(29-4-2-3-28)5-10(19)12(11)13-14(18)25-16-23-7-24-27(16)15(13)26/h5-6,8,24,28H,2-4,7H2,1H3. The van der Waals surface area contributed by atoms with Crippen LogP contribution in [0.15, 0.2) is 22.1 Å². The first-order valence-corrected chi connectivity index (χ1v) is 9.12. The van der Waals surface area contributed by atoms with Crippen molar-refractivity contribution in [2.75, 3.05) is 24.9 Å². The maximum absolute atomic E-state index is 15.0. The summed E-state index contributed by atoms with van der Waals surface area (Å²) in [6.45, 7) is 1.03. The lowest BCUT2D eigenvalue weighted by molar-refractivity contribution is -0.161. The third-order valence-corrected chi connectivity index (χ3v) is 4.98. The summed E-state index contributed by atoms with van der Waals surface area (Å²) in [6.07, 6.45) is -4.31. The van der Waals surface area contributed by atoms with Gasteiger partial charge in [0.15, 0.2) is 0 Å². The number of aliphatic hydroxyl groups is 1. The van der Waals surface area contributed by atoms with E-state index in [2.05, 4.69) is 15.4 Å². The molecule has 0 saturated carbocycles. The highest BCUT2D eigenvalue weighted by Crippen LogP contribution is 2.45. The minimum Gasteiger partial charge on any atom is -0.493 e. The fourth-order valence-electron chi connectivity index (χ4n) is 3.36. The maximum Gasteiger partial charge on any atom is 0.408 e. The molecular formula is C17H16ClF4N5O2. The molecule has 1 aromatic carbocycles. The van der Waals surface area contributed by atoms with Crippen molar-refractivity contribution in [3.05, 3.63) is 23.5 Å². The normalized spacial score (nSPS) is 17.1. The molecule has 0 radical (unpaired) electrons. The average Bonchev–Trinajstić information content (AvgIpc) is 3.23. The van der Waals surface area contributed by atoms with E-state index in [4.69, 9.17) is 21.4 Å². The van der Waals surface area contributed by atoms with Gasteiger partial charge in [-0.1, -0.05) is 11.6 Å². The Labute approximate surface area is 167 Å². The molecule has 2 aliphatic heterocycles. The molecule has 0 aliphatic carbocycles. The zero-order chi connectivity index (χ0) is 20.9. The van der Waals surface area contributed by atoms with Crippen molar-refractivity contribution in [1.82, 2.24) is 9.99 Å². The number of aliphatic hydroxyl groups excluding tert-OH is 1. The number of halogens is 5. The van der Waals surface area contributed by atoms with E-state index in [1.807, 2.05) is 0 Å². The summed E-state index contributed by atoms with van der Waals surface area (Å²) >= 11 is 6.23. The van der Waals surface area contributed by atoms with Gasteiger partial charge in [-0.25, -0.2) is 19.8 Å². The lowest BCUT2D eigenvalue weighted by Gasteiger charge is -2.28. The Morgan fingerprint density at radius 2 is 2.14 bits per heavy atom. The molecule has 156 valence electrons. The smallest absolute Gasteiger partial charge is 0.408 e. The van der Waals surface area contributed by atoms with E-state index in [9.17, 15) is 13.2 Å². The number of aromatic nitrogens is 1. The van der Waals surface area contributed by atoms with Crippen LogP contribution in [0, 0.1) is 5.82 Å². The summed E-state index contributed by atoms with van der Waals surface area (Å²) in [5.41, 5.74) is 2.82. The Morgan fingerprint density at radius 3 is 2.83 bits per heavy atom. The number of ether oxygens (including phenoxy) is 1. The molecule has 7 nitrogen and oxygen atoms in total. The van der Waals surface area contributed by atoms with Gasteiger partial charge in [0.1, 0.15) is 35.3 Å². The summed E-state index contributed by atoms with van der Waals surface area (Å²) in [4.78, 5) is 8.12. The summed E-state index contributed by atoms with van der Waals surface area (Å²) in [7, 11) is 0. The molecule has 1 atom stereocenters. The largest absolute Gasteiger partial charge is 0.493 e. The summed E-state index contributed by atoms with van der Waals surface area (Å²) in [5.74, 6) is -0.641. The number of nitrogens with one attached hydrogen (secondary N) is 1. The van der Waals surface area contributed by atoms with E-state index in [1.165, 1.54) is 11.1 Å². The number of guanidine groups is 1. The molecule has 0 bridgehead atoms. The van der Waals surface area contributed by atoms with Gasteiger partial charge >= 0.3 is 6.18 Å². The van der Waals surface area contributed by atoms with Crippen LogP contribution in [0.5, 0.6) is 5.75 Å². The topological polar surface area (TPSA) is 74.4 Å². The van der Waals surface area contributed by atoms with Crippen molar-refractivity contribution in [3.8, 4) is 5.75 Å². The Hall–Kier alpha value is -2.37. The molecule has 0 fully saturated rings. The number of anilines is 1. The van der Waals surface area contributed by atoms with Gasteiger partial charge in [0.25, 0.3) is 0 Å². The van der Waals surface area contributed by atoms with Crippen LogP contribution in [-0.4, -0.2) is 46.9 Å². The molecular weight excluding hydrogens is 418 g/mol. The number of hydrogen-bond donors (Lipinski definition) is 2. The van der Waals surface area contributed by atoms with Gasteiger partial charge in [-0.15, -0.1) is 0 Å². The van der Waals surface area contributed by atoms with Crippen molar-refractivity contribution in [2.24, 2.45) is 9.98 Å². The predicted molar refractivity (Wildman–Crippen MR) is 100 cm³/mol. The number of fused-ring (bicyclic) bond motifs is 5. The molecule has 2 aromatic rings. The van der Waals surface area contributed by atoms with E-state index < -0.39 is 18.0 Å². The first-order chi connectivity index (χ1) is 13.7. The van der Waals surface area contributed by atoms with Gasteiger partial charge < -0.3 is 14.4 Å². The van der Waals surface area contributed by atoms with Crippen molar-refractivity contribution < 1.29 is 27.4 Å². The van der Waals surface area contributed by atoms with Crippen LogP contribution in [0.1, 0.15) is 24.9 Å². The van der Waals surface area contributed by atoms with E-state index in [0.717, 1.165) is 17.6 Å². The Kier molecular flexibility index (Phi) is 4.91. The first kappa shape index (κ1) is 19.9. The van der Waals surface area contributed by atoms with E-state index in [0.29, 0.717) is 6.42 Å². The zero-order valence-electron chi connectivity index (χ0n) is 15.1. The SMILES string of the molecule is CC(n1c2c(c3c(F)cc(OCCCO)cc31)C(Cl)=NC1=NCNN12)C(F)(F)F. The van der Waals surface area contributed by atoms with Crippen LogP contribution in [0.4, 0.5) is 23.4 Å². The van der Waals surface area contributed by atoms with E-state index >= 15 is 4.39 Å². The number of hydrazine groups is 1. The lowest BCUT2D eigenvalue weighted by atomic mass is 10.1. The number of benzene rings is 1. The number of nitrogens with zero attached hydrogens (tertiary/aromatic N) is 4. The molecule has 0 amide bonds. The molecule has 3 heterocycles. The summed E-state index contributed by atoms with van der Waals surface area (Å²) < 4.78 is 62.5. The molecule has 2 N–H and O–H groups in total. The molecule has 29 heavy (non-hydrogen) atoms. The molecule has 0 saturated heterocycles. The monoisotopic (exact) mass is 433 g/mol. The highest BCUT2D eigenvalue weighted by atomic mass is 35.5. The predicted octanol–water partition coefficient (Wildman–Crippen LogP) is 3.30. The van der Waals surface area contributed by atoms with Crippen LogP contribution < -0.4 is 15.2 Å². The second-order valence-corrected chi connectivity index (χ2v) is 6.88. The highest BCUT2D eigenvalue weighted by Gasteiger charge is 2.44. The first-order valence-electron chi connectivity index (χ1n) is 8.74. The highest BCUT2D eigenvalue weighted by molar-refractivity contribution is 6.72. The Balaban J connectivity index is 2.00. The fraction of sp³-hybridized carbons (Fsp3) is 0.412. The number of hydrogen-bond acceptors (Lipinski definition) is 6. The van der Waals surface area contributed by atoms with Crippen LogP contribution in [0.3, 0.4) is 0 Å². The van der Waals surface area contributed by atoms with Crippen LogP contribution in [0.2, 0.25) is 0 Å². The Morgan fingerprint density at radius 1 is 1.38 bits per heavy atom. The molecule has 4 rings (SSSR count). The van der Waals surface area contributed by atoms with Crippen molar-refractivity contribution >= 4 is 39.5 Å². The van der Waals surface area contributed by atoms with Gasteiger partial charge in [0.05, 0.1) is 17.7 Å². The molecule has 2 aliphatic rings. The molecule has 1 unspecified atom stereocenters. The van der Waals surface area contributed by atoms with E-state index in [1.54, 1.807) is 0 Å². The van der Waals surface area contributed by atoms with Crippen LogP contribution in [0.25, 0.3) is 10.9 Å². The number of rotatable bonds is 5. The van der Waals surface area contributed by atoms with Crippen molar-refractivity contribution in [1.29, 1.82) is 0 Å². The minimum absolute atomic E-state index is 0.00693. The fourth-order valence-corrected chi connectivity index (χ4v) is 3.61. The minimum atomic E-state index is -4.61. The number of alkyl halides is 3. The third-order valence-electron chi connectivity index (χ3n) is 4.70. The summed E-state index contributed by atoms with van der Waals surface area (Å²) in [6, 6.07) is 0.410. The maximum atomic E-state index is 15.0. The quantitative estimate of drug-likeness (QED) is 0.560. The zero-order valence-corrected chi connectivity index (χ0v) is 15.9. The molecule has 12 heteroatoms. The van der Waals surface area contributed by atoms with Crippen molar-refractivity contribution in [2.45, 2.75) is 25.6 Å². The lowest BCUT2D eigenvalue weighted by Crippen LogP contribution is -2.42. The van der Waals surface area contributed by atoms with E-state index in [-0.39, 0.29) is 59.0 Å². The molecule has 1 aromatic heterocycles. The summed E-state index contributed by atoms with van der Waals surface area (Å²) in [5, 5.41) is 9.90. The van der Waals surface area contributed by atoms with Gasteiger partial charge in [-0.05, 0) is 6.92 Å². The number of aliphatic imine (C=N–C) groups is 2. The van der Waals surface area contributed by atoms with Gasteiger partial charge in [-0.3, -0.25) is 0 Å². The average molecular weight is 434 g/mol. The second-order valence-electron chi connectivity index (χ2n) is 6.52. The van der Waals surface area contributed by atoms with Crippen LogP contribution >= 0.6 is 11.6 Å². The van der Waals surface area contributed by atoms with Gasteiger partial charge in [-0.2, -0.15) is 18.2 Å². The Bertz CT molecular complexity index is 1030. The van der Waals surface area contributed by atoms with Crippen LogP contribution in [-0.2, 0) is 0 Å². The van der Waals surface area contributed by atoms with Crippen molar-refractivity contribution in [3.63, 3.8) is 0 Å². The third kappa shape index (κ3) is 3.22. The van der Waals surface area contributed by atoms with Gasteiger partial charge in [0, 0.05) is 30.5 Å². The van der Waals surface area contributed by atoms with Gasteiger partial charge in [0.2, 0.25) is 5.96 Å². The second kappa shape index (κ2) is 7.15. The molecule has 0 spiro atoms.